The summed E-state index contributed by atoms with van der Waals surface area (Å²) in [7, 11) is -3.91. The fourth-order valence-corrected chi connectivity index (χ4v) is 5.23. The third-order valence-electron chi connectivity index (χ3n) is 6.13. The molecule has 1 heterocycles. The third kappa shape index (κ3) is 5.17. The molecule has 0 radical (unpaired) electrons. The molecular formula is C26H29N3O4S. The van der Waals surface area contributed by atoms with Gasteiger partial charge >= 0.3 is 5.97 Å². The van der Waals surface area contributed by atoms with Crippen molar-refractivity contribution in [3.05, 3.63) is 83.4 Å². The van der Waals surface area contributed by atoms with E-state index in [1.165, 1.54) is 29.4 Å². The molecule has 3 aromatic carbocycles. The second kappa shape index (κ2) is 9.77. The van der Waals surface area contributed by atoms with E-state index in [4.69, 9.17) is 0 Å². The van der Waals surface area contributed by atoms with Crippen molar-refractivity contribution in [3.63, 3.8) is 0 Å². The largest absolute Gasteiger partial charge is 0.478 e. The summed E-state index contributed by atoms with van der Waals surface area (Å²) in [6.45, 7) is 7.17. The van der Waals surface area contributed by atoms with Gasteiger partial charge in [0, 0.05) is 37.6 Å². The van der Waals surface area contributed by atoms with Crippen LogP contribution >= 0.6 is 0 Å². The van der Waals surface area contributed by atoms with Crippen molar-refractivity contribution in [2.75, 3.05) is 40.7 Å². The molecule has 1 fully saturated rings. The lowest BCUT2D eigenvalue weighted by atomic mass is 10.1. The number of aryl methyl sites for hydroxylation is 2. The third-order valence-corrected chi connectivity index (χ3v) is 7.51. The molecular weight excluding hydrogens is 450 g/mol. The maximum absolute atomic E-state index is 12.8. The molecule has 0 bridgehead atoms. The van der Waals surface area contributed by atoms with Crippen LogP contribution in [0.4, 0.5) is 17.1 Å². The Balaban J connectivity index is 1.51. The number of rotatable bonds is 7. The molecule has 0 amide bonds. The zero-order valence-electron chi connectivity index (χ0n) is 19.4. The highest BCUT2D eigenvalue weighted by Crippen LogP contribution is 2.28. The SMILES string of the molecule is CCc1ccc(S(=O)(=O)Nc2ccc(N3CCN(c4cccc(C)c4)CC3)cc2C(=O)O)cc1. The predicted molar refractivity (Wildman–Crippen MR) is 136 cm³/mol. The monoisotopic (exact) mass is 479 g/mol. The molecule has 0 spiro atoms. The van der Waals surface area contributed by atoms with E-state index >= 15 is 0 Å². The summed E-state index contributed by atoms with van der Waals surface area (Å²) in [5, 5.41) is 9.78. The molecule has 1 saturated heterocycles. The lowest BCUT2D eigenvalue weighted by molar-refractivity contribution is 0.0698. The van der Waals surface area contributed by atoms with Crippen molar-refractivity contribution in [2.45, 2.75) is 25.2 Å². The van der Waals surface area contributed by atoms with Gasteiger partial charge in [0.15, 0.2) is 0 Å². The molecule has 178 valence electrons. The predicted octanol–water partition coefficient (Wildman–Crippen LogP) is 4.38. The van der Waals surface area contributed by atoms with Gasteiger partial charge in [-0.1, -0.05) is 31.2 Å². The van der Waals surface area contributed by atoms with Crippen molar-refractivity contribution < 1.29 is 18.3 Å². The van der Waals surface area contributed by atoms with Crippen LogP contribution in [0, 0.1) is 6.92 Å². The van der Waals surface area contributed by atoms with Gasteiger partial charge < -0.3 is 14.9 Å². The molecule has 1 aliphatic rings. The number of piperazine rings is 1. The van der Waals surface area contributed by atoms with Crippen molar-refractivity contribution >= 4 is 33.1 Å². The van der Waals surface area contributed by atoms with Gasteiger partial charge in [-0.25, -0.2) is 13.2 Å². The van der Waals surface area contributed by atoms with Gasteiger partial charge in [0.05, 0.1) is 16.1 Å². The van der Waals surface area contributed by atoms with Crippen LogP contribution in [-0.4, -0.2) is 45.7 Å². The normalized spacial score (nSPS) is 14.2. The van der Waals surface area contributed by atoms with E-state index in [1.807, 2.05) is 13.0 Å². The Labute approximate surface area is 200 Å². The molecule has 8 heteroatoms. The molecule has 2 N–H and O–H groups in total. The van der Waals surface area contributed by atoms with E-state index in [9.17, 15) is 18.3 Å². The van der Waals surface area contributed by atoms with E-state index in [0.29, 0.717) is 0 Å². The number of carboxylic acid groups (broad SMARTS) is 1. The van der Waals surface area contributed by atoms with Gasteiger partial charge in [-0.15, -0.1) is 0 Å². The molecule has 1 aliphatic heterocycles. The van der Waals surface area contributed by atoms with Crippen LogP contribution in [0.5, 0.6) is 0 Å². The molecule has 3 aromatic rings. The topological polar surface area (TPSA) is 90.0 Å². The molecule has 34 heavy (non-hydrogen) atoms. The van der Waals surface area contributed by atoms with E-state index in [1.54, 1.807) is 24.3 Å². The average molecular weight is 480 g/mol. The number of benzene rings is 3. The summed E-state index contributed by atoms with van der Waals surface area (Å²) in [6.07, 6.45) is 0.803. The number of sulfonamides is 1. The molecule has 0 unspecified atom stereocenters. The minimum absolute atomic E-state index is 0.0502. The zero-order valence-corrected chi connectivity index (χ0v) is 20.2. The number of hydrogen-bond donors (Lipinski definition) is 2. The summed E-state index contributed by atoms with van der Waals surface area (Å²) < 4.78 is 28.1. The Bertz CT molecular complexity index is 1280. The van der Waals surface area contributed by atoms with Crippen molar-refractivity contribution in [1.82, 2.24) is 0 Å². The summed E-state index contributed by atoms with van der Waals surface area (Å²) in [5.41, 5.74) is 4.16. The fraction of sp³-hybridized carbons (Fsp3) is 0.269. The molecule has 7 nitrogen and oxygen atoms in total. The first-order chi connectivity index (χ1) is 16.3. The summed E-state index contributed by atoms with van der Waals surface area (Å²) >= 11 is 0. The Morgan fingerprint density at radius 2 is 1.53 bits per heavy atom. The number of nitrogens with zero attached hydrogens (tertiary/aromatic N) is 2. The smallest absolute Gasteiger partial charge is 0.337 e. The van der Waals surface area contributed by atoms with E-state index in [-0.39, 0.29) is 16.1 Å². The van der Waals surface area contributed by atoms with Crippen LogP contribution in [0.15, 0.2) is 71.6 Å². The quantitative estimate of drug-likeness (QED) is 0.523. The van der Waals surface area contributed by atoms with Crippen molar-refractivity contribution in [3.8, 4) is 0 Å². The van der Waals surface area contributed by atoms with Crippen LogP contribution in [0.2, 0.25) is 0 Å². The van der Waals surface area contributed by atoms with E-state index in [2.05, 4.69) is 39.6 Å². The first-order valence-corrected chi connectivity index (χ1v) is 12.8. The fourth-order valence-electron chi connectivity index (χ4n) is 4.15. The Kier molecular flexibility index (Phi) is 6.79. The highest BCUT2D eigenvalue weighted by atomic mass is 32.2. The summed E-state index contributed by atoms with van der Waals surface area (Å²) in [4.78, 5) is 16.5. The second-order valence-corrected chi connectivity index (χ2v) is 10.1. The van der Waals surface area contributed by atoms with Gasteiger partial charge in [-0.2, -0.15) is 0 Å². The first kappa shape index (κ1) is 23.6. The van der Waals surface area contributed by atoms with Gasteiger partial charge in [-0.3, -0.25) is 4.72 Å². The molecule has 0 aliphatic carbocycles. The van der Waals surface area contributed by atoms with Crippen molar-refractivity contribution in [2.24, 2.45) is 0 Å². The molecule has 0 saturated carbocycles. The number of carboxylic acids is 1. The minimum Gasteiger partial charge on any atom is -0.478 e. The number of anilines is 3. The van der Waals surface area contributed by atoms with Crippen LogP contribution in [0.25, 0.3) is 0 Å². The molecule has 0 aromatic heterocycles. The Hall–Kier alpha value is -3.52. The van der Waals surface area contributed by atoms with Crippen LogP contribution in [0.1, 0.15) is 28.4 Å². The number of carbonyl (C=O) groups is 1. The second-order valence-electron chi connectivity index (χ2n) is 8.45. The minimum atomic E-state index is -3.91. The van der Waals surface area contributed by atoms with Crippen LogP contribution in [0.3, 0.4) is 0 Å². The van der Waals surface area contributed by atoms with Gasteiger partial charge in [0.25, 0.3) is 10.0 Å². The number of hydrogen-bond acceptors (Lipinski definition) is 5. The van der Waals surface area contributed by atoms with Gasteiger partial charge in [-0.05, 0) is 66.9 Å². The van der Waals surface area contributed by atoms with Gasteiger partial charge in [0.1, 0.15) is 0 Å². The zero-order chi connectivity index (χ0) is 24.3. The molecule has 0 atom stereocenters. The standard InChI is InChI=1S/C26H29N3O4S/c1-3-20-7-10-23(11-8-20)34(32,33)27-25-12-9-22(18-24(25)26(30)31)29-15-13-28(14-16-29)21-6-4-5-19(2)17-21/h4-12,17-18,27H,3,13-16H2,1-2H3,(H,30,31). The summed E-state index contributed by atoms with van der Waals surface area (Å²) in [5.74, 6) is -1.18. The maximum Gasteiger partial charge on any atom is 0.337 e. The maximum atomic E-state index is 12.8. The highest BCUT2D eigenvalue weighted by Gasteiger charge is 2.22. The highest BCUT2D eigenvalue weighted by molar-refractivity contribution is 7.92. The Morgan fingerprint density at radius 1 is 0.912 bits per heavy atom. The number of aromatic carboxylic acids is 1. The Morgan fingerprint density at radius 3 is 2.09 bits per heavy atom. The van der Waals surface area contributed by atoms with E-state index in [0.717, 1.165) is 43.9 Å². The molecule has 4 rings (SSSR count). The van der Waals surface area contributed by atoms with Gasteiger partial charge in [0.2, 0.25) is 0 Å². The summed E-state index contributed by atoms with van der Waals surface area (Å²) in [6, 6.07) is 19.8. The van der Waals surface area contributed by atoms with Crippen LogP contribution < -0.4 is 14.5 Å². The lowest BCUT2D eigenvalue weighted by Gasteiger charge is -2.37. The lowest BCUT2D eigenvalue weighted by Crippen LogP contribution is -2.46. The van der Waals surface area contributed by atoms with E-state index < -0.39 is 16.0 Å². The average Bonchev–Trinajstić information content (AvgIpc) is 2.84. The van der Waals surface area contributed by atoms with Crippen LogP contribution in [-0.2, 0) is 16.4 Å². The number of nitrogens with one attached hydrogen (secondary N) is 1. The first-order valence-electron chi connectivity index (χ1n) is 11.3. The van der Waals surface area contributed by atoms with Crippen molar-refractivity contribution in [1.29, 1.82) is 0 Å².